The molecule has 29 heavy (non-hydrogen) atoms. The summed E-state index contributed by atoms with van der Waals surface area (Å²) >= 11 is 0. The summed E-state index contributed by atoms with van der Waals surface area (Å²) in [5.74, 6) is 1.44. The van der Waals surface area contributed by atoms with Crippen molar-refractivity contribution in [2.24, 2.45) is 0 Å². The molecule has 0 saturated carbocycles. The predicted molar refractivity (Wildman–Crippen MR) is 113 cm³/mol. The van der Waals surface area contributed by atoms with Crippen molar-refractivity contribution in [3.8, 4) is 11.5 Å². The van der Waals surface area contributed by atoms with Gasteiger partial charge in [0.2, 0.25) is 6.79 Å². The van der Waals surface area contributed by atoms with Gasteiger partial charge in [0.05, 0.1) is 16.8 Å². The number of fused-ring (bicyclic) bond motifs is 2. The van der Waals surface area contributed by atoms with Crippen LogP contribution in [0.4, 0.5) is 5.69 Å². The standard InChI is InChI=1S/C24H24N2O3/c1-15-6-7-17(10-16(15)2)24(27)19-13-25-20-12-22-21(28-14-29-22)11-18(20)23(19)26-8-4-3-5-9-26/h6-7,10-13H,3-5,8-9,14H2,1-2H3. The number of ether oxygens (including phenoxy) is 2. The van der Waals surface area contributed by atoms with Crippen molar-refractivity contribution in [1.82, 2.24) is 4.98 Å². The van der Waals surface area contributed by atoms with Crippen molar-refractivity contribution in [3.05, 3.63) is 58.8 Å². The summed E-state index contributed by atoms with van der Waals surface area (Å²) in [6, 6.07) is 9.78. The summed E-state index contributed by atoms with van der Waals surface area (Å²) in [4.78, 5) is 20.5. The summed E-state index contributed by atoms with van der Waals surface area (Å²) in [5, 5.41) is 0.950. The Morgan fingerprint density at radius 3 is 2.48 bits per heavy atom. The smallest absolute Gasteiger partial charge is 0.231 e. The molecule has 0 radical (unpaired) electrons. The average molecular weight is 388 g/mol. The summed E-state index contributed by atoms with van der Waals surface area (Å²) < 4.78 is 11.1. The summed E-state index contributed by atoms with van der Waals surface area (Å²) in [6.45, 7) is 6.21. The van der Waals surface area contributed by atoms with Crippen molar-refractivity contribution in [3.63, 3.8) is 0 Å². The fraction of sp³-hybridized carbons (Fsp3) is 0.333. The number of aromatic nitrogens is 1. The zero-order chi connectivity index (χ0) is 20.0. The van der Waals surface area contributed by atoms with E-state index in [1.807, 2.05) is 37.3 Å². The second kappa shape index (κ2) is 7.07. The van der Waals surface area contributed by atoms with Gasteiger partial charge in [-0.1, -0.05) is 12.1 Å². The number of rotatable bonds is 3. The van der Waals surface area contributed by atoms with Crippen LogP contribution in [0.25, 0.3) is 10.9 Å². The number of aryl methyl sites for hydroxylation is 2. The molecule has 3 aromatic rings. The normalized spacial score (nSPS) is 15.7. The predicted octanol–water partition coefficient (Wildman–Crippen LogP) is 4.80. The highest BCUT2D eigenvalue weighted by atomic mass is 16.7. The summed E-state index contributed by atoms with van der Waals surface area (Å²) in [7, 11) is 0. The number of hydrogen-bond acceptors (Lipinski definition) is 5. The van der Waals surface area contributed by atoms with Crippen LogP contribution >= 0.6 is 0 Å². The minimum absolute atomic E-state index is 0.0146. The van der Waals surface area contributed by atoms with Crippen molar-refractivity contribution in [2.45, 2.75) is 33.1 Å². The molecule has 5 rings (SSSR count). The van der Waals surface area contributed by atoms with E-state index in [1.54, 1.807) is 6.20 Å². The Bertz CT molecular complexity index is 1120. The molecule has 0 atom stereocenters. The Labute approximate surface area is 170 Å². The third-order valence-electron chi connectivity index (χ3n) is 6.02. The highest BCUT2D eigenvalue weighted by molar-refractivity contribution is 6.16. The molecule has 5 nitrogen and oxygen atoms in total. The first-order chi connectivity index (χ1) is 14.1. The van der Waals surface area contributed by atoms with Crippen LogP contribution < -0.4 is 14.4 Å². The van der Waals surface area contributed by atoms with Crippen LogP contribution in [0, 0.1) is 13.8 Å². The highest BCUT2D eigenvalue weighted by Gasteiger charge is 2.25. The molecular weight excluding hydrogens is 364 g/mol. The number of anilines is 1. The number of nitrogens with zero attached hydrogens (tertiary/aromatic N) is 2. The quantitative estimate of drug-likeness (QED) is 0.603. The minimum Gasteiger partial charge on any atom is -0.454 e. The van der Waals surface area contributed by atoms with E-state index >= 15 is 0 Å². The number of hydrogen-bond donors (Lipinski definition) is 0. The molecule has 5 heteroatoms. The van der Waals surface area contributed by atoms with Crippen LogP contribution in [-0.4, -0.2) is 30.6 Å². The van der Waals surface area contributed by atoms with E-state index in [1.165, 1.54) is 12.0 Å². The van der Waals surface area contributed by atoms with Crippen LogP contribution in [0.5, 0.6) is 11.5 Å². The Balaban J connectivity index is 1.70. The van der Waals surface area contributed by atoms with Gasteiger partial charge >= 0.3 is 0 Å². The number of carbonyl (C=O) groups excluding carboxylic acids is 1. The second-order valence-electron chi connectivity index (χ2n) is 7.92. The molecule has 2 aliphatic heterocycles. The molecule has 148 valence electrons. The molecule has 0 bridgehead atoms. The van der Waals surface area contributed by atoms with Gasteiger partial charge in [0, 0.05) is 36.3 Å². The van der Waals surface area contributed by atoms with Gasteiger partial charge in [-0.3, -0.25) is 9.78 Å². The van der Waals surface area contributed by atoms with Gasteiger partial charge in [-0.05, 0) is 56.4 Å². The second-order valence-corrected chi connectivity index (χ2v) is 7.92. The van der Waals surface area contributed by atoms with E-state index < -0.39 is 0 Å². The van der Waals surface area contributed by atoms with Gasteiger partial charge < -0.3 is 14.4 Å². The van der Waals surface area contributed by atoms with Crippen molar-refractivity contribution >= 4 is 22.4 Å². The zero-order valence-corrected chi connectivity index (χ0v) is 16.8. The van der Waals surface area contributed by atoms with E-state index in [2.05, 4.69) is 16.8 Å². The topological polar surface area (TPSA) is 51.7 Å². The first kappa shape index (κ1) is 18.0. The molecule has 0 N–H and O–H groups in total. The van der Waals surface area contributed by atoms with Crippen LogP contribution in [0.1, 0.15) is 46.3 Å². The molecule has 0 amide bonds. The first-order valence-electron chi connectivity index (χ1n) is 10.2. The molecule has 0 spiro atoms. The van der Waals surface area contributed by atoms with Gasteiger partial charge in [0.15, 0.2) is 17.3 Å². The van der Waals surface area contributed by atoms with Crippen LogP contribution in [0.3, 0.4) is 0 Å². The lowest BCUT2D eigenvalue weighted by Gasteiger charge is -2.31. The molecule has 1 fully saturated rings. The average Bonchev–Trinajstić information content (AvgIpc) is 3.20. The summed E-state index contributed by atoms with van der Waals surface area (Å²) in [5.41, 5.74) is 5.45. The maximum Gasteiger partial charge on any atom is 0.231 e. The van der Waals surface area contributed by atoms with Crippen molar-refractivity contribution < 1.29 is 14.3 Å². The molecule has 3 heterocycles. The van der Waals surface area contributed by atoms with Gasteiger partial charge in [-0.25, -0.2) is 0 Å². The van der Waals surface area contributed by atoms with Crippen molar-refractivity contribution in [2.75, 3.05) is 24.8 Å². The fourth-order valence-corrected chi connectivity index (χ4v) is 4.23. The number of pyridine rings is 1. The third-order valence-corrected chi connectivity index (χ3v) is 6.02. The van der Waals surface area contributed by atoms with E-state index in [0.717, 1.165) is 48.1 Å². The van der Waals surface area contributed by atoms with Gasteiger partial charge in [-0.15, -0.1) is 0 Å². The van der Waals surface area contributed by atoms with Crippen LogP contribution in [0.15, 0.2) is 36.5 Å². The van der Waals surface area contributed by atoms with Crippen LogP contribution in [-0.2, 0) is 0 Å². The van der Waals surface area contributed by atoms with E-state index in [-0.39, 0.29) is 12.6 Å². The Morgan fingerprint density at radius 2 is 1.72 bits per heavy atom. The lowest BCUT2D eigenvalue weighted by atomic mass is 9.96. The molecular formula is C24H24N2O3. The number of benzene rings is 2. The maximum absolute atomic E-state index is 13.5. The lowest BCUT2D eigenvalue weighted by Crippen LogP contribution is -2.31. The largest absolute Gasteiger partial charge is 0.454 e. The molecule has 2 aromatic carbocycles. The molecule has 0 unspecified atom stereocenters. The SMILES string of the molecule is Cc1ccc(C(=O)c2cnc3cc4c(cc3c2N2CCCCC2)OCO4)cc1C. The number of carbonyl (C=O) groups is 1. The van der Waals surface area contributed by atoms with Gasteiger partial charge in [-0.2, -0.15) is 0 Å². The summed E-state index contributed by atoms with van der Waals surface area (Å²) in [6.07, 6.45) is 5.22. The number of piperidine rings is 1. The van der Waals surface area contributed by atoms with Gasteiger partial charge in [0.25, 0.3) is 0 Å². The fourth-order valence-electron chi connectivity index (χ4n) is 4.23. The third kappa shape index (κ3) is 3.11. The van der Waals surface area contributed by atoms with Crippen molar-refractivity contribution in [1.29, 1.82) is 0 Å². The zero-order valence-electron chi connectivity index (χ0n) is 16.8. The molecule has 1 aromatic heterocycles. The monoisotopic (exact) mass is 388 g/mol. The number of ketones is 1. The van der Waals surface area contributed by atoms with E-state index in [0.29, 0.717) is 22.6 Å². The first-order valence-corrected chi connectivity index (χ1v) is 10.2. The highest BCUT2D eigenvalue weighted by Crippen LogP contribution is 2.41. The van der Waals surface area contributed by atoms with Crippen LogP contribution in [0.2, 0.25) is 0 Å². The van der Waals surface area contributed by atoms with E-state index in [9.17, 15) is 4.79 Å². The lowest BCUT2D eigenvalue weighted by molar-refractivity contribution is 0.103. The molecule has 2 aliphatic rings. The Morgan fingerprint density at radius 1 is 0.966 bits per heavy atom. The molecule has 1 saturated heterocycles. The Kier molecular flexibility index (Phi) is 4.38. The minimum atomic E-state index is 0.0146. The maximum atomic E-state index is 13.5. The Hall–Kier alpha value is -3.08. The van der Waals surface area contributed by atoms with Gasteiger partial charge in [0.1, 0.15) is 0 Å². The van der Waals surface area contributed by atoms with E-state index in [4.69, 9.17) is 9.47 Å². The molecule has 0 aliphatic carbocycles.